The lowest BCUT2D eigenvalue weighted by atomic mass is 9.82. The topological polar surface area (TPSA) is 21.6 Å². The zero-order valence-corrected chi connectivity index (χ0v) is 12.6. The van der Waals surface area contributed by atoms with Crippen LogP contribution in [0.15, 0.2) is 47.0 Å². The van der Waals surface area contributed by atoms with E-state index in [4.69, 9.17) is 9.73 Å². The standard InChI is InChI=1S/C18H21NO/c1-12-6-5-7-13-11-19-15-10-14(18(2,3)4)8-9-16(15)20-17(12)13/h5-11,15-16H,1-4H3. The molecule has 0 N–H and O–H groups in total. The lowest BCUT2D eigenvalue weighted by Crippen LogP contribution is -2.30. The Kier molecular flexibility index (Phi) is 3.04. The third-order valence-corrected chi connectivity index (χ3v) is 3.90. The molecule has 1 heterocycles. The highest BCUT2D eigenvalue weighted by Gasteiger charge is 2.28. The molecule has 2 heteroatoms. The molecule has 3 rings (SSSR count). The third kappa shape index (κ3) is 2.31. The largest absolute Gasteiger partial charge is 0.483 e. The fourth-order valence-electron chi connectivity index (χ4n) is 2.62. The Morgan fingerprint density at radius 2 is 2.00 bits per heavy atom. The van der Waals surface area contributed by atoms with Crippen LogP contribution < -0.4 is 4.74 Å². The number of allylic oxidation sites excluding steroid dienone is 2. The molecule has 0 amide bonds. The van der Waals surface area contributed by atoms with Crippen molar-refractivity contribution in [2.24, 2.45) is 10.4 Å². The van der Waals surface area contributed by atoms with E-state index in [0.717, 1.165) is 16.9 Å². The van der Waals surface area contributed by atoms with E-state index in [1.807, 2.05) is 12.3 Å². The zero-order chi connectivity index (χ0) is 14.3. The van der Waals surface area contributed by atoms with Crippen LogP contribution in [0.4, 0.5) is 0 Å². The van der Waals surface area contributed by atoms with E-state index in [9.17, 15) is 0 Å². The van der Waals surface area contributed by atoms with Gasteiger partial charge in [-0.3, -0.25) is 4.99 Å². The Labute approximate surface area is 120 Å². The Morgan fingerprint density at radius 3 is 2.75 bits per heavy atom. The lowest BCUT2D eigenvalue weighted by Gasteiger charge is -2.28. The van der Waals surface area contributed by atoms with E-state index in [0.29, 0.717) is 0 Å². The number of rotatable bonds is 0. The number of benzene rings is 1. The second-order valence-corrected chi connectivity index (χ2v) is 6.58. The monoisotopic (exact) mass is 267 g/mol. The molecule has 0 saturated heterocycles. The van der Waals surface area contributed by atoms with Crippen molar-refractivity contribution in [3.63, 3.8) is 0 Å². The minimum Gasteiger partial charge on any atom is -0.483 e. The summed E-state index contributed by atoms with van der Waals surface area (Å²) in [4.78, 5) is 4.71. The minimum absolute atomic E-state index is 0.000278. The summed E-state index contributed by atoms with van der Waals surface area (Å²) in [6.45, 7) is 8.76. The molecule has 2 atom stereocenters. The SMILES string of the molecule is Cc1cccc2c1OC1C=CC(C(C)(C)C)=CC1N=C2. The molecule has 0 aromatic heterocycles. The molecule has 0 radical (unpaired) electrons. The summed E-state index contributed by atoms with van der Waals surface area (Å²) < 4.78 is 6.20. The average Bonchev–Trinajstić information content (AvgIpc) is 2.57. The molecule has 2 aliphatic rings. The number of para-hydroxylation sites is 1. The van der Waals surface area contributed by atoms with Crippen molar-refractivity contribution < 1.29 is 4.74 Å². The number of fused-ring (bicyclic) bond motifs is 2. The third-order valence-electron chi connectivity index (χ3n) is 3.90. The van der Waals surface area contributed by atoms with Gasteiger partial charge in [-0.05, 0) is 35.6 Å². The molecule has 1 aliphatic carbocycles. The van der Waals surface area contributed by atoms with Gasteiger partial charge in [0.15, 0.2) is 0 Å². The Morgan fingerprint density at radius 1 is 1.20 bits per heavy atom. The maximum absolute atomic E-state index is 6.20. The van der Waals surface area contributed by atoms with Crippen LogP contribution in [0, 0.1) is 12.3 Å². The quantitative estimate of drug-likeness (QED) is 0.694. The molecule has 1 aromatic carbocycles. The van der Waals surface area contributed by atoms with Crippen LogP contribution in [-0.4, -0.2) is 18.4 Å². The van der Waals surface area contributed by atoms with E-state index < -0.39 is 0 Å². The first kappa shape index (κ1) is 13.2. The summed E-state index contributed by atoms with van der Waals surface area (Å²) in [6, 6.07) is 6.25. The second-order valence-electron chi connectivity index (χ2n) is 6.58. The number of hydrogen-bond acceptors (Lipinski definition) is 2. The lowest BCUT2D eigenvalue weighted by molar-refractivity contribution is 0.232. The van der Waals surface area contributed by atoms with Crippen LogP contribution in [0.3, 0.4) is 0 Å². The maximum atomic E-state index is 6.20. The smallest absolute Gasteiger partial charge is 0.143 e. The van der Waals surface area contributed by atoms with Gasteiger partial charge in [-0.2, -0.15) is 0 Å². The van der Waals surface area contributed by atoms with Gasteiger partial charge in [0.1, 0.15) is 17.9 Å². The molecular weight excluding hydrogens is 246 g/mol. The van der Waals surface area contributed by atoms with Gasteiger partial charge in [-0.1, -0.05) is 45.1 Å². The van der Waals surface area contributed by atoms with Gasteiger partial charge in [-0.15, -0.1) is 0 Å². The molecular formula is C18H21NO. The molecule has 0 saturated carbocycles. The van der Waals surface area contributed by atoms with Gasteiger partial charge in [0.25, 0.3) is 0 Å². The van der Waals surface area contributed by atoms with Crippen LogP contribution in [0.2, 0.25) is 0 Å². The average molecular weight is 267 g/mol. The van der Waals surface area contributed by atoms with Crippen LogP contribution in [0.1, 0.15) is 31.9 Å². The van der Waals surface area contributed by atoms with Gasteiger partial charge in [0, 0.05) is 11.8 Å². The first-order valence-electron chi connectivity index (χ1n) is 7.15. The highest BCUT2D eigenvalue weighted by Crippen LogP contribution is 2.34. The number of aliphatic imine (C=N–C) groups is 1. The Bertz CT molecular complexity index is 617. The maximum Gasteiger partial charge on any atom is 0.143 e. The van der Waals surface area contributed by atoms with Crippen LogP contribution in [0.25, 0.3) is 0 Å². The summed E-state index contributed by atoms with van der Waals surface area (Å²) in [7, 11) is 0. The summed E-state index contributed by atoms with van der Waals surface area (Å²) in [6.07, 6.45) is 8.51. The summed E-state index contributed by atoms with van der Waals surface area (Å²) in [5.74, 6) is 0.959. The van der Waals surface area contributed by atoms with Crippen LogP contribution >= 0.6 is 0 Å². The summed E-state index contributed by atoms with van der Waals surface area (Å²) in [5, 5.41) is 0. The van der Waals surface area contributed by atoms with Gasteiger partial charge in [-0.25, -0.2) is 0 Å². The van der Waals surface area contributed by atoms with Gasteiger partial charge < -0.3 is 4.74 Å². The van der Waals surface area contributed by atoms with Gasteiger partial charge in [0.2, 0.25) is 0 Å². The normalized spacial score (nSPS) is 24.3. The van der Waals surface area contributed by atoms with Crippen molar-refractivity contribution in [3.8, 4) is 5.75 Å². The first-order chi connectivity index (χ1) is 9.45. The predicted molar refractivity (Wildman–Crippen MR) is 83.7 cm³/mol. The van der Waals surface area contributed by atoms with Crippen molar-refractivity contribution in [1.82, 2.24) is 0 Å². The van der Waals surface area contributed by atoms with Crippen LogP contribution in [0.5, 0.6) is 5.75 Å². The van der Waals surface area contributed by atoms with E-state index in [1.54, 1.807) is 0 Å². The molecule has 104 valence electrons. The number of hydrogen-bond donors (Lipinski definition) is 0. The summed E-state index contributed by atoms with van der Waals surface area (Å²) in [5.41, 5.74) is 3.70. The van der Waals surface area contributed by atoms with E-state index in [2.05, 4.69) is 58.1 Å². The van der Waals surface area contributed by atoms with Crippen molar-refractivity contribution in [3.05, 3.63) is 53.1 Å². The molecule has 1 aliphatic heterocycles. The molecule has 0 fully saturated rings. The van der Waals surface area contributed by atoms with Crippen molar-refractivity contribution >= 4 is 6.21 Å². The highest BCUT2D eigenvalue weighted by molar-refractivity contribution is 5.85. The molecule has 2 nitrogen and oxygen atoms in total. The fraction of sp³-hybridized carbons (Fsp3) is 0.389. The first-order valence-corrected chi connectivity index (χ1v) is 7.15. The van der Waals surface area contributed by atoms with Crippen molar-refractivity contribution in [2.45, 2.75) is 39.8 Å². The van der Waals surface area contributed by atoms with E-state index >= 15 is 0 Å². The Hall–Kier alpha value is -1.83. The number of ether oxygens (including phenoxy) is 1. The van der Waals surface area contributed by atoms with Gasteiger partial charge >= 0.3 is 0 Å². The zero-order valence-electron chi connectivity index (χ0n) is 12.6. The van der Waals surface area contributed by atoms with Crippen molar-refractivity contribution in [2.75, 3.05) is 0 Å². The van der Waals surface area contributed by atoms with Gasteiger partial charge in [0.05, 0.1) is 0 Å². The Balaban J connectivity index is 1.98. The second kappa shape index (κ2) is 4.62. The molecule has 0 spiro atoms. The highest BCUT2D eigenvalue weighted by atomic mass is 16.5. The molecule has 1 aromatic rings. The molecule has 0 bridgehead atoms. The summed E-state index contributed by atoms with van der Waals surface area (Å²) >= 11 is 0. The number of nitrogens with zero attached hydrogens (tertiary/aromatic N) is 1. The van der Waals surface area contributed by atoms with E-state index in [1.165, 1.54) is 5.57 Å². The van der Waals surface area contributed by atoms with Crippen LogP contribution in [-0.2, 0) is 0 Å². The van der Waals surface area contributed by atoms with E-state index in [-0.39, 0.29) is 17.6 Å². The molecule has 20 heavy (non-hydrogen) atoms. The minimum atomic E-state index is -0.000278. The molecule has 2 unspecified atom stereocenters. The van der Waals surface area contributed by atoms with Crippen molar-refractivity contribution in [1.29, 1.82) is 0 Å². The number of aryl methyl sites for hydroxylation is 1. The predicted octanol–water partition coefficient (Wildman–Crippen LogP) is 4.09. The fourth-order valence-corrected chi connectivity index (χ4v) is 2.62.